The molecule has 0 saturated heterocycles. The van der Waals surface area contributed by atoms with Crippen molar-refractivity contribution in [2.45, 2.75) is 51.9 Å². The first-order valence-corrected chi connectivity index (χ1v) is 11.9. The molecule has 3 rings (SSSR count). The molecule has 0 amide bonds. The SMILES string of the molecule is C=CCOc1ccc(-c2ccc(OC(=O)CCC(C)COC(=O)C3CCCCC3)cc2)cc1. The van der Waals surface area contributed by atoms with E-state index in [2.05, 4.69) is 6.58 Å². The highest BCUT2D eigenvalue weighted by atomic mass is 16.5. The lowest BCUT2D eigenvalue weighted by molar-refractivity contribution is -0.151. The van der Waals surface area contributed by atoms with Gasteiger partial charge in [0, 0.05) is 6.42 Å². The molecule has 33 heavy (non-hydrogen) atoms. The number of hydrogen-bond donors (Lipinski definition) is 0. The predicted molar refractivity (Wildman–Crippen MR) is 129 cm³/mol. The topological polar surface area (TPSA) is 61.8 Å². The van der Waals surface area contributed by atoms with Crippen LogP contribution in [0.5, 0.6) is 11.5 Å². The Bertz CT molecular complexity index is 895. The van der Waals surface area contributed by atoms with Crippen LogP contribution in [0, 0.1) is 11.8 Å². The molecular formula is C28H34O5. The molecule has 176 valence electrons. The summed E-state index contributed by atoms with van der Waals surface area (Å²) < 4.78 is 16.4. The third kappa shape index (κ3) is 8.08. The molecule has 1 unspecified atom stereocenters. The first kappa shape index (κ1) is 24.6. The number of carbonyl (C=O) groups excluding carboxylic acids is 2. The van der Waals surface area contributed by atoms with E-state index in [1.54, 1.807) is 18.2 Å². The lowest BCUT2D eigenvalue weighted by atomic mass is 9.89. The zero-order chi connectivity index (χ0) is 23.5. The molecule has 2 aromatic rings. The van der Waals surface area contributed by atoms with Crippen molar-refractivity contribution < 1.29 is 23.8 Å². The number of ether oxygens (including phenoxy) is 3. The Kier molecular flexibility index (Phi) is 9.55. The number of esters is 2. The van der Waals surface area contributed by atoms with Crippen LogP contribution < -0.4 is 9.47 Å². The van der Waals surface area contributed by atoms with E-state index in [9.17, 15) is 9.59 Å². The molecule has 1 aliphatic carbocycles. The van der Waals surface area contributed by atoms with Gasteiger partial charge in [-0.1, -0.05) is 63.1 Å². The first-order chi connectivity index (χ1) is 16.0. The molecule has 5 nitrogen and oxygen atoms in total. The Morgan fingerprint density at radius 1 is 0.970 bits per heavy atom. The molecule has 5 heteroatoms. The normalized spacial score (nSPS) is 14.8. The molecule has 0 heterocycles. The second-order valence-electron chi connectivity index (χ2n) is 8.73. The highest BCUT2D eigenvalue weighted by Gasteiger charge is 2.23. The van der Waals surface area contributed by atoms with Crippen LogP contribution in [0.2, 0.25) is 0 Å². The lowest BCUT2D eigenvalue weighted by Crippen LogP contribution is -2.23. The summed E-state index contributed by atoms with van der Waals surface area (Å²) in [5.74, 6) is 1.13. The standard InChI is InChI=1S/C28H34O5/c1-3-19-31-25-14-10-22(11-15-25)23-12-16-26(17-13-23)33-27(29)18-9-21(2)20-32-28(30)24-7-5-4-6-8-24/h3,10-17,21,24H,1,4-9,18-20H2,2H3. The molecule has 1 atom stereocenters. The van der Waals surface area contributed by atoms with Crippen molar-refractivity contribution in [2.24, 2.45) is 11.8 Å². The molecular weight excluding hydrogens is 416 g/mol. The van der Waals surface area contributed by atoms with Crippen LogP contribution >= 0.6 is 0 Å². The zero-order valence-electron chi connectivity index (χ0n) is 19.5. The number of carbonyl (C=O) groups is 2. The molecule has 1 aliphatic rings. The van der Waals surface area contributed by atoms with E-state index >= 15 is 0 Å². The average molecular weight is 451 g/mol. The molecule has 0 bridgehead atoms. The van der Waals surface area contributed by atoms with Crippen molar-refractivity contribution in [3.63, 3.8) is 0 Å². The maximum Gasteiger partial charge on any atom is 0.311 e. The smallest absolute Gasteiger partial charge is 0.311 e. The van der Waals surface area contributed by atoms with Crippen LogP contribution in [-0.4, -0.2) is 25.2 Å². The Morgan fingerprint density at radius 3 is 2.18 bits per heavy atom. The van der Waals surface area contributed by atoms with Gasteiger partial charge >= 0.3 is 11.9 Å². The van der Waals surface area contributed by atoms with Crippen LogP contribution in [0.4, 0.5) is 0 Å². The lowest BCUT2D eigenvalue weighted by Gasteiger charge is -2.21. The van der Waals surface area contributed by atoms with Crippen LogP contribution in [-0.2, 0) is 14.3 Å². The second kappa shape index (κ2) is 12.8. The maximum atomic E-state index is 12.2. The van der Waals surface area contributed by atoms with Crippen molar-refractivity contribution in [1.29, 1.82) is 0 Å². The van der Waals surface area contributed by atoms with Crippen molar-refractivity contribution in [1.82, 2.24) is 0 Å². The fraction of sp³-hybridized carbons (Fsp3) is 0.429. The van der Waals surface area contributed by atoms with Crippen molar-refractivity contribution in [3.8, 4) is 22.6 Å². The summed E-state index contributed by atoms with van der Waals surface area (Å²) in [7, 11) is 0. The van der Waals surface area contributed by atoms with Gasteiger partial charge in [-0.05, 0) is 60.6 Å². The van der Waals surface area contributed by atoms with Gasteiger partial charge in [-0.25, -0.2) is 0 Å². The summed E-state index contributed by atoms with van der Waals surface area (Å²) in [6, 6.07) is 15.3. The number of benzene rings is 2. The van der Waals surface area contributed by atoms with Gasteiger partial charge in [0.15, 0.2) is 0 Å². The molecule has 0 radical (unpaired) electrons. The minimum atomic E-state index is -0.281. The van der Waals surface area contributed by atoms with Gasteiger partial charge in [0.1, 0.15) is 18.1 Å². The van der Waals surface area contributed by atoms with E-state index in [4.69, 9.17) is 14.2 Å². The molecule has 1 saturated carbocycles. The van der Waals surface area contributed by atoms with Crippen molar-refractivity contribution in [3.05, 3.63) is 61.2 Å². The largest absolute Gasteiger partial charge is 0.490 e. The Morgan fingerprint density at radius 2 is 1.58 bits per heavy atom. The van der Waals surface area contributed by atoms with Gasteiger partial charge in [0.05, 0.1) is 12.5 Å². The maximum absolute atomic E-state index is 12.2. The predicted octanol–water partition coefficient (Wildman–Crippen LogP) is 6.36. The van der Waals surface area contributed by atoms with Gasteiger partial charge in [-0.15, -0.1) is 0 Å². The van der Waals surface area contributed by atoms with E-state index in [0.717, 1.165) is 42.6 Å². The first-order valence-electron chi connectivity index (χ1n) is 11.9. The third-order valence-corrected chi connectivity index (χ3v) is 5.93. The summed E-state index contributed by atoms with van der Waals surface area (Å²) >= 11 is 0. The molecule has 0 aromatic heterocycles. The summed E-state index contributed by atoms with van der Waals surface area (Å²) in [6.45, 7) is 6.46. The van der Waals surface area contributed by atoms with Crippen LogP contribution in [0.1, 0.15) is 51.9 Å². The van der Waals surface area contributed by atoms with Gasteiger partial charge in [-0.3, -0.25) is 9.59 Å². The fourth-order valence-corrected chi connectivity index (χ4v) is 3.92. The van der Waals surface area contributed by atoms with E-state index in [-0.39, 0.29) is 30.2 Å². The molecule has 0 spiro atoms. The van der Waals surface area contributed by atoms with Gasteiger partial charge in [0.2, 0.25) is 0 Å². The van der Waals surface area contributed by atoms with Crippen molar-refractivity contribution >= 4 is 11.9 Å². The van der Waals surface area contributed by atoms with Gasteiger partial charge in [0.25, 0.3) is 0 Å². The summed E-state index contributed by atoms with van der Waals surface area (Å²) in [4.78, 5) is 24.4. The summed E-state index contributed by atoms with van der Waals surface area (Å²) in [5, 5.41) is 0. The van der Waals surface area contributed by atoms with Crippen LogP contribution in [0.3, 0.4) is 0 Å². The second-order valence-corrected chi connectivity index (χ2v) is 8.73. The average Bonchev–Trinajstić information content (AvgIpc) is 2.86. The van der Waals surface area contributed by atoms with Crippen molar-refractivity contribution in [2.75, 3.05) is 13.2 Å². The fourth-order valence-electron chi connectivity index (χ4n) is 3.92. The van der Waals surface area contributed by atoms with Crippen LogP contribution in [0.15, 0.2) is 61.2 Å². The monoisotopic (exact) mass is 450 g/mol. The summed E-state index contributed by atoms with van der Waals surface area (Å²) in [6.07, 6.45) is 7.93. The van der Waals surface area contributed by atoms with E-state index < -0.39 is 0 Å². The Hall–Kier alpha value is -3.08. The molecule has 0 N–H and O–H groups in total. The molecule has 0 aliphatic heterocycles. The highest BCUT2D eigenvalue weighted by molar-refractivity contribution is 5.73. The molecule has 1 fully saturated rings. The molecule has 2 aromatic carbocycles. The minimum Gasteiger partial charge on any atom is -0.490 e. The van der Waals surface area contributed by atoms with Gasteiger partial charge in [-0.2, -0.15) is 0 Å². The highest BCUT2D eigenvalue weighted by Crippen LogP contribution is 2.26. The quantitative estimate of drug-likeness (QED) is 0.226. The van der Waals surface area contributed by atoms with E-state index in [1.807, 2.05) is 43.3 Å². The Labute approximate surface area is 196 Å². The van der Waals surface area contributed by atoms with E-state index in [0.29, 0.717) is 25.4 Å². The summed E-state index contributed by atoms with van der Waals surface area (Å²) in [5.41, 5.74) is 2.08. The van der Waals surface area contributed by atoms with Gasteiger partial charge < -0.3 is 14.2 Å². The zero-order valence-corrected chi connectivity index (χ0v) is 19.5. The third-order valence-electron chi connectivity index (χ3n) is 5.93. The number of rotatable bonds is 11. The number of hydrogen-bond acceptors (Lipinski definition) is 5. The Balaban J connectivity index is 1.39. The van der Waals surface area contributed by atoms with E-state index in [1.165, 1.54) is 6.42 Å². The minimum absolute atomic E-state index is 0.0578. The van der Waals surface area contributed by atoms with Crippen LogP contribution in [0.25, 0.3) is 11.1 Å².